The predicted octanol–water partition coefficient (Wildman–Crippen LogP) is 6.85. The Morgan fingerprint density at radius 3 is 2.23 bits per heavy atom. The highest BCUT2D eigenvalue weighted by atomic mass is 35.5. The molecule has 0 unspecified atom stereocenters. The number of piperidine rings is 1. The normalized spacial score (nSPS) is 15.8. The van der Waals surface area contributed by atoms with E-state index in [0.29, 0.717) is 40.6 Å². The molecule has 2 saturated heterocycles. The molecule has 44 heavy (non-hydrogen) atoms. The van der Waals surface area contributed by atoms with Crippen LogP contribution in [0, 0.1) is 5.92 Å². The van der Waals surface area contributed by atoms with Crippen molar-refractivity contribution in [2.45, 2.75) is 30.2 Å². The first-order valence-electron chi connectivity index (χ1n) is 15.3. The molecular formula is C35H38ClN5O2S. The van der Waals surface area contributed by atoms with Crippen LogP contribution in [0.3, 0.4) is 0 Å². The zero-order chi connectivity index (χ0) is 30.3. The van der Waals surface area contributed by atoms with E-state index in [2.05, 4.69) is 57.2 Å². The van der Waals surface area contributed by atoms with Crippen LogP contribution in [0.1, 0.15) is 34.3 Å². The summed E-state index contributed by atoms with van der Waals surface area (Å²) in [5.41, 5.74) is 4.39. The summed E-state index contributed by atoms with van der Waals surface area (Å²) < 4.78 is 5.26. The molecule has 0 spiro atoms. The molecule has 3 heterocycles. The number of benzene rings is 3. The topological polar surface area (TPSA) is 61.8 Å². The standard InChI is InChI=1S/C35H38ClN5O2S/c1-43-31-13-11-30(12-14-31)39-19-21-41(22-20-39)34(42)29-9-7-28(8-10-29)25-44-35-37-32(36)24-33(38-35)40-17-15-27(16-18-40)23-26-5-3-2-4-6-26/h2-14,24,27H,15-23,25H2,1H3. The van der Waals surface area contributed by atoms with Gasteiger partial charge in [-0.05, 0) is 72.7 Å². The van der Waals surface area contributed by atoms with Crippen molar-refractivity contribution >= 4 is 40.8 Å². The molecule has 0 aliphatic carbocycles. The van der Waals surface area contributed by atoms with E-state index >= 15 is 0 Å². The van der Waals surface area contributed by atoms with Gasteiger partial charge in [0.25, 0.3) is 5.91 Å². The molecule has 7 nitrogen and oxygen atoms in total. The van der Waals surface area contributed by atoms with Gasteiger partial charge in [-0.15, -0.1) is 0 Å². The van der Waals surface area contributed by atoms with E-state index < -0.39 is 0 Å². The van der Waals surface area contributed by atoms with Crippen LogP contribution in [0.25, 0.3) is 0 Å². The molecule has 4 aromatic rings. The Balaban J connectivity index is 0.986. The predicted molar refractivity (Wildman–Crippen MR) is 179 cm³/mol. The third kappa shape index (κ3) is 7.66. The number of nitrogens with zero attached hydrogens (tertiary/aromatic N) is 5. The second-order valence-corrected chi connectivity index (χ2v) is 12.7. The summed E-state index contributed by atoms with van der Waals surface area (Å²) in [7, 11) is 1.67. The van der Waals surface area contributed by atoms with E-state index in [9.17, 15) is 4.79 Å². The van der Waals surface area contributed by atoms with Crippen LogP contribution in [0.2, 0.25) is 5.15 Å². The van der Waals surface area contributed by atoms with Gasteiger partial charge in [-0.25, -0.2) is 9.97 Å². The van der Waals surface area contributed by atoms with E-state index in [4.69, 9.17) is 21.3 Å². The monoisotopic (exact) mass is 627 g/mol. The van der Waals surface area contributed by atoms with Crippen LogP contribution in [0.5, 0.6) is 5.75 Å². The van der Waals surface area contributed by atoms with Crippen molar-refractivity contribution in [3.05, 3.63) is 107 Å². The second-order valence-electron chi connectivity index (χ2n) is 11.4. The number of rotatable bonds is 9. The van der Waals surface area contributed by atoms with Crippen LogP contribution in [-0.2, 0) is 12.2 Å². The Kier molecular flexibility index (Phi) is 9.88. The molecule has 0 atom stereocenters. The Morgan fingerprint density at radius 1 is 0.841 bits per heavy atom. The Morgan fingerprint density at radius 2 is 1.55 bits per heavy atom. The summed E-state index contributed by atoms with van der Waals surface area (Å²) in [6.45, 7) is 4.95. The average molecular weight is 628 g/mol. The molecule has 2 aliphatic heterocycles. The molecule has 9 heteroatoms. The lowest BCUT2D eigenvalue weighted by Crippen LogP contribution is -2.48. The smallest absolute Gasteiger partial charge is 0.253 e. The number of halogens is 1. The van der Waals surface area contributed by atoms with E-state index in [1.54, 1.807) is 18.9 Å². The number of hydrogen-bond acceptors (Lipinski definition) is 7. The van der Waals surface area contributed by atoms with Gasteiger partial charge >= 0.3 is 0 Å². The fourth-order valence-electron chi connectivity index (χ4n) is 5.96. The minimum Gasteiger partial charge on any atom is -0.497 e. The first kappa shape index (κ1) is 30.3. The van der Waals surface area contributed by atoms with E-state index in [1.165, 1.54) is 5.56 Å². The highest BCUT2D eigenvalue weighted by molar-refractivity contribution is 7.98. The molecule has 1 aromatic heterocycles. The second kappa shape index (κ2) is 14.4. The average Bonchev–Trinajstić information content (AvgIpc) is 3.08. The maximum absolute atomic E-state index is 13.2. The SMILES string of the molecule is COc1ccc(N2CCN(C(=O)c3ccc(CSc4nc(Cl)cc(N5CCC(Cc6ccccc6)CC5)n4)cc3)CC2)cc1. The van der Waals surface area contributed by atoms with Crippen molar-refractivity contribution < 1.29 is 9.53 Å². The lowest BCUT2D eigenvalue weighted by Gasteiger charge is -2.36. The molecule has 0 saturated carbocycles. The van der Waals surface area contributed by atoms with Crippen molar-refractivity contribution in [1.82, 2.24) is 14.9 Å². The summed E-state index contributed by atoms with van der Waals surface area (Å²) in [6.07, 6.45) is 3.41. The fourth-order valence-corrected chi connectivity index (χ4v) is 7.00. The quantitative estimate of drug-likeness (QED) is 0.114. The van der Waals surface area contributed by atoms with Gasteiger partial charge in [0.05, 0.1) is 7.11 Å². The van der Waals surface area contributed by atoms with Crippen LogP contribution < -0.4 is 14.5 Å². The van der Waals surface area contributed by atoms with Crippen molar-refractivity contribution in [2.75, 3.05) is 56.2 Å². The molecule has 2 fully saturated rings. The maximum Gasteiger partial charge on any atom is 0.253 e. The highest BCUT2D eigenvalue weighted by Crippen LogP contribution is 2.29. The number of anilines is 2. The molecule has 6 rings (SSSR count). The molecule has 3 aromatic carbocycles. The van der Waals surface area contributed by atoms with Crippen molar-refractivity contribution in [1.29, 1.82) is 0 Å². The maximum atomic E-state index is 13.2. The lowest BCUT2D eigenvalue weighted by atomic mass is 9.90. The Hall–Kier alpha value is -3.75. The molecular weight excluding hydrogens is 590 g/mol. The molecule has 228 valence electrons. The van der Waals surface area contributed by atoms with Crippen LogP contribution in [0.15, 0.2) is 90.1 Å². The Bertz CT molecular complexity index is 1520. The third-order valence-corrected chi connectivity index (χ3v) is 9.65. The summed E-state index contributed by atoms with van der Waals surface area (Å²) in [5, 5.41) is 1.14. The highest BCUT2D eigenvalue weighted by Gasteiger charge is 2.23. The van der Waals surface area contributed by atoms with Crippen LogP contribution in [-0.4, -0.2) is 67.2 Å². The number of piperazine rings is 1. The number of amides is 1. The van der Waals surface area contributed by atoms with E-state index in [1.807, 2.05) is 47.4 Å². The zero-order valence-electron chi connectivity index (χ0n) is 25.1. The van der Waals surface area contributed by atoms with Gasteiger partial charge in [-0.2, -0.15) is 0 Å². The number of aromatic nitrogens is 2. The largest absolute Gasteiger partial charge is 0.497 e. The fraction of sp³-hybridized carbons (Fsp3) is 0.343. The van der Waals surface area contributed by atoms with Gasteiger partial charge in [-0.1, -0.05) is 65.8 Å². The molecule has 0 bridgehead atoms. The van der Waals surface area contributed by atoms with Gasteiger partial charge in [0.15, 0.2) is 5.16 Å². The lowest BCUT2D eigenvalue weighted by molar-refractivity contribution is 0.0747. The summed E-state index contributed by atoms with van der Waals surface area (Å²) in [5.74, 6) is 3.22. The number of ether oxygens (including phenoxy) is 1. The van der Waals surface area contributed by atoms with Crippen LogP contribution >= 0.6 is 23.4 Å². The van der Waals surface area contributed by atoms with Gasteiger partial charge in [-0.3, -0.25) is 4.79 Å². The molecule has 0 N–H and O–H groups in total. The van der Waals surface area contributed by atoms with Gasteiger partial charge in [0.2, 0.25) is 0 Å². The van der Waals surface area contributed by atoms with Gasteiger partial charge in [0, 0.05) is 62.3 Å². The van der Waals surface area contributed by atoms with E-state index in [-0.39, 0.29) is 5.91 Å². The first-order chi connectivity index (χ1) is 21.5. The summed E-state index contributed by atoms with van der Waals surface area (Å²) in [4.78, 5) is 29.1. The van der Waals surface area contributed by atoms with Crippen molar-refractivity contribution in [3.8, 4) is 5.75 Å². The number of carbonyl (C=O) groups excluding carboxylic acids is 1. The number of thioether (sulfide) groups is 1. The number of hydrogen-bond donors (Lipinski definition) is 0. The third-order valence-electron chi connectivity index (χ3n) is 8.54. The van der Waals surface area contributed by atoms with Gasteiger partial charge in [0.1, 0.15) is 16.7 Å². The van der Waals surface area contributed by atoms with Crippen LogP contribution in [0.4, 0.5) is 11.5 Å². The molecule has 1 amide bonds. The Labute approximate surface area is 269 Å². The van der Waals surface area contributed by atoms with E-state index in [0.717, 1.165) is 68.3 Å². The first-order valence-corrected chi connectivity index (χ1v) is 16.6. The summed E-state index contributed by atoms with van der Waals surface area (Å²) >= 11 is 8.00. The zero-order valence-corrected chi connectivity index (χ0v) is 26.6. The van der Waals surface area contributed by atoms with Crippen molar-refractivity contribution in [2.24, 2.45) is 5.92 Å². The minimum atomic E-state index is 0.0777. The molecule has 0 radical (unpaired) electrons. The molecule has 2 aliphatic rings. The number of carbonyl (C=O) groups is 1. The van der Waals surface area contributed by atoms with Gasteiger partial charge < -0.3 is 19.4 Å². The summed E-state index contributed by atoms with van der Waals surface area (Å²) in [6, 6.07) is 28.6. The number of methoxy groups -OCH3 is 1. The van der Waals surface area contributed by atoms with Crippen molar-refractivity contribution in [3.63, 3.8) is 0 Å². The minimum absolute atomic E-state index is 0.0777.